The molecule has 2 aliphatic heterocycles. The van der Waals surface area contributed by atoms with Crippen molar-refractivity contribution in [2.24, 2.45) is 4.99 Å². The molecule has 1 atom stereocenters. The van der Waals surface area contributed by atoms with E-state index in [4.69, 9.17) is 0 Å². The van der Waals surface area contributed by atoms with Crippen molar-refractivity contribution in [1.29, 1.82) is 0 Å². The molecule has 1 unspecified atom stereocenters. The zero-order valence-corrected chi connectivity index (χ0v) is 15.9. The van der Waals surface area contributed by atoms with Crippen LogP contribution in [0.2, 0.25) is 0 Å². The van der Waals surface area contributed by atoms with Gasteiger partial charge in [0.25, 0.3) is 5.78 Å². The molecule has 0 saturated carbocycles. The van der Waals surface area contributed by atoms with Crippen LogP contribution in [0.4, 0.5) is 13.2 Å². The summed E-state index contributed by atoms with van der Waals surface area (Å²) in [4.78, 5) is 15.3. The lowest BCUT2D eigenvalue weighted by atomic mass is 10.2. The predicted octanol–water partition coefficient (Wildman–Crippen LogP) is 1.83. The number of hydrogen-bond donors (Lipinski definition) is 1. The Hall–Kier alpha value is -2.43. The highest BCUT2D eigenvalue weighted by molar-refractivity contribution is 5.81. The summed E-state index contributed by atoms with van der Waals surface area (Å²) in [5.41, 5.74) is 4.61. The van der Waals surface area contributed by atoms with E-state index < -0.39 is 18.9 Å². The van der Waals surface area contributed by atoms with Crippen LogP contribution in [0.15, 0.2) is 11.1 Å². The summed E-state index contributed by atoms with van der Waals surface area (Å²) >= 11 is 0. The van der Waals surface area contributed by atoms with Crippen LogP contribution in [0.25, 0.3) is 5.78 Å². The number of aliphatic imine (C=N–C) groups is 1. The first-order valence-electron chi connectivity index (χ1n) is 9.41. The van der Waals surface area contributed by atoms with Crippen molar-refractivity contribution in [2.45, 2.75) is 51.9 Å². The van der Waals surface area contributed by atoms with Crippen LogP contribution in [-0.4, -0.2) is 67.4 Å². The van der Waals surface area contributed by atoms with Crippen LogP contribution >= 0.6 is 0 Å². The van der Waals surface area contributed by atoms with Gasteiger partial charge in [0.1, 0.15) is 12.7 Å². The molecule has 4 heterocycles. The highest BCUT2D eigenvalue weighted by Gasteiger charge is 2.38. The van der Waals surface area contributed by atoms with Gasteiger partial charge in [-0.3, -0.25) is 5.43 Å². The molecule has 2 aromatic heterocycles. The average Bonchev–Trinajstić information content (AvgIpc) is 3.30. The number of nitrogens with one attached hydrogen (secondary N) is 1. The van der Waals surface area contributed by atoms with Gasteiger partial charge in [0.2, 0.25) is 5.96 Å². The van der Waals surface area contributed by atoms with Gasteiger partial charge in [-0.25, -0.2) is 14.5 Å². The van der Waals surface area contributed by atoms with Gasteiger partial charge in [-0.2, -0.15) is 23.2 Å². The molecule has 0 amide bonds. The van der Waals surface area contributed by atoms with E-state index in [1.54, 1.807) is 4.52 Å². The molecule has 28 heavy (non-hydrogen) atoms. The van der Waals surface area contributed by atoms with E-state index in [1.807, 2.05) is 24.8 Å². The molecule has 0 spiro atoms. The maximum Gasteiger partial charge on any atom is 0.403 e. The molecule has 2 aliphatic rings. The number of alkyl halides is 3. The molecule has 11 heteroatoms. The van der Waals surface area contributed by atoms with Gasteiger partial charge in [-0.1, -0.05) is 0 Å². The minimum absolute atomic E-state index is 0.384. The molecule has 1 N–H and O–H groups in total. The number of aryl methyl sites for hydroxylation is 3. The maximum absolute atomic E-state index is 13.0. The number of rotatable bonds is 4. The van der Waals surface area contributed by atoms with Crippen LogP contribution in [0.5, 0.6) is 0 Å². The zero-order chi connectivity index (χ0) is 19.9. The van der Waals surface area contributed by atoms with Crippen molar-refractivity contribution in [3.63, 3.8) is 0 Å². The summed E-state index contributed by atoms with van der Waals surface area (Å²) in [5.74, 6) is 1.59. The Bertz CT molecular complexity index is 884. The van der Waals surface area contributed by atoms with Crippen molar-refractivity contribution in [3.05, 3.63) is 23.3 Å². The summed E-state index contributed by atoms with van der Waals surface area (Å²) in [6, 6.07) is 1.91. The summed E-state index contributed by atoms with van der Waals surface area (Å²) < 4.78 is 40.6. The molecular weight excluding hydrogens is 373 g/mol. The van der Waals surface area contributed by atoms with E-state index in [0.29, 0.717) is 30.4 Å². The third-order valence-electron chi connectivity index (χ3n) is 4.92. The van der Waals surface area contributed by atoms with Crippen LogP contribution in [-0.2, 0) is 6.42 Å². The Morgan fingerprint density at radius 2 is 1.93 bits per heavy atom. The smallest absolute Gasteiger partial charge is 0.342 e. The molecule has 0 radical (unpaired) electrons. The van der Waals surface area contributed by atoms with Gasteiger partial charge in [-0.15, -0.1) is 5.10 Å². The van der Waals surface area contributed by atoms with E-state index >= 15 is 0 Å². The number of aromatic nitrogens is 4. The van der Waals surface area contributed by atoms with Gasteiger partial charge in [0.15, 0.2) is 5.82 Å². The molecule has 0 bridgehead atoms. The fourth-order valence-corrected chi connectivity index (χ4v) is 3.65. The third-order valence-corrected chi connectivity index (χ3v) is 4.92. The van der Waals surface area contributed by atoms with Crippen LogP contribution in [0, 0.1) is 13.8 Å². The van der Waals surface area contributed by atoms with Crippen LogP contribution in [0.1, 0.15) is 36.5 Å². The monoisotopic (exact) mass is 396 g/mol. The Labute approximate surface area is 160 Å². The van der Waals surface area contributed by atoms with E-state index in [0.717, 1.165) is 42.3 Å². The first kappa shape index (κ1) is 18.9. The number of hydrazine groups is 1. The third kappa shape index (κ3) is 4.03. The van der Waals surface area contributed by atoms with Crippen molar-refractivity contribution in [1.82, 2.24) is 34.9 Å². The Kier molecular flexibility index (Phi) is 4.86. The molecule has 4 rings (SSSR count). The molecule has 0 aromatic carbocycles. The number of guanidine groups is 1. The average molecular weight is 396 g/mol. The fourth-order valence-electron chi connectivity index (χ4n) is 3.65. The number of hydrogen-bond acceptors (Lipinski definition) is 7. The standard InChI is InChI=1S/C17H23F3N8/c1-11-9-12(2)28-15(21-11)22-13(24-28)5-6-14-23-16(26-7-3-4-8-26)25-27(14)10-17(18,19)20/h9,14H,3-8,10H2,1-2H3,(H,23,25). The first-order chi connectivity index (χ1) is 13.3. The summed E-state index contributed by atoms with van der Waals surface area (Å²) in [6.45, 7) is 4.37. The lowest BCUT2D eigenvalue weighted by molar-refractivity contribution is -0.153. The number of nitrogens with zero attached hydrogens (tertiary/aromatic N) is 7. The Morgan fingerprint density at radius 3 is 2.64 bits per heavy atom. The van der Waals surface area contributed by atoms with Gasteiger partial charge in [0.05, 0.1) is 0 Å². The second-order valence-corrected chi connectivity index (χ2v) is 7.30. The zero-order valence-electron chi connectivity index (χ0n) is 15.9. The first-order valence-corrected chi connectivity index (χ1v) is 9.41. The normalized spacial score (nSPS) is 20.8. The summed E-state index contributed by atoms with van der Waals surface area (Å²) in [6.07, 6.45) is -2.06. The van der Waals surface area contributed by atoms with Gasteiger partial charge in [-0.05, 0) is 39.2 Å². The lowest BCUT2D eigenvalue weighted by Gasteiger charge is -2.25. The van der Waals surface area contributed by atoms with Crippen molar-refractivity contribution in [3.8, 4) is 0 Å². The maximum atomic E-state index is 13.0. The van der Waals surface area contributed by atoms with E-state index in [2.05, 4.69) is 25.5 Å². The van der Waals surface area contributed by atoms with Gasteiger partial charge >= 0.3 is 6.18 Å². The fraction of sp³-hybridized carbons (Fsp3) is 0.647. The molecule has 1 saturated heterocycles. The minimum Gasteiger partial charge on any atom is -0.342 e. The lowest BCUT2D eigenvalue weighted by Crippen LogP contribution is -2.49. The number of halogens is 3. The van der Waals surface area contributed by atoms with E-state index in [1.165, 1.54) is 0 Å². The van der Waals surface area contributed by atoms with Crippen molar-refractivity contribution >= 4 is 11.7 Å². The highest BCUT2D eigenvalue weighted by Crippen LogP contribution is 2.23. The van der Waals surface area contributed by atoms with E-state index in [-0.39, 0.29) is 0 Å². The van der Waals surface area contributed by atoms with Gasteiger partial charge < -0.3 is 4.90 Å². The van der Waals surface area contributed by atoms with Crippen LogP contribution in [0.3, 0.4) is 0 Å². The number of fused-ring (bicyclic) bond motifs is 1. The summed E-state index contributed by atoms with van der Waals surface area (Å²) in [7, 11) is 0. The molecule has 1 fully saturated rings. The topological polar surface area (TPSA) is 74.0 Å². The van der Waals surface area contributed by atoms with Gasteiger partial charge in [0, 0.05) is 30.9 Å². The molecule has 2 aromatic rings. The second kappa shape index (κ2) is 7.19. The van der Waals surface area contributed by atoms with Crippen molar-refractivity contribution in [2.75, 3.05) is 19.6 Å². The highest BCUT2D eigenvalue weighted by atomic mass is 19.4. The second-order valence-electron chi connectivity index (χ2n) is 7.30. The molecule has 0 aliphatic carbocycles. The SMILES string of the molecule is Cc1cc(C)n2nc(CCC3N=C(N4CCCC4)NN3CC(F)(F)F)nc2n1. The molecule has 8 nitrogen and oxygen atoms in total. The largest absolute Gasteiger partial charge is 0.403 e. The Morgan fingerprint density at radius 1 is 1.18 bits per heavy atom. The quantitative estimate of drug-likeness (QED) is 0.850. The molecule has 152 valence electrons. The number of likely N-dealkylation sites (tertiary alicyclic amines) is 1. The Balaban J connectivity index is 1.49. The van der Waals surface area contributed by atoms with E-state index in [9.17, 15) is 13.2 Å². The predicted molar refractivity (Wildman–Crippen MR) is 96.5 cm³/mol. The summed E-state index contributed by atoms with van der Waals surface area (Å²) in [5, 5.41) is 5.60. The minimum atomic E-state index is -4.30. The van der Waals surface area contributed by atoms with Crippen LogP contribution < -0.4 is 5.43 Å². The molecular formula is C17H23F3N8. The van der Waals surface area contributed by atoms with Crippen molar-refractivity contribution < 1.29 is 13.2 Å².